The molecule has 2 aromatic carbocycles. The van der Waals surface area contributed by atoms with Gasteiger partial charge in [0.1, 0.15) is 24.2 Å². The summed E-state index contributed by atoms with van der Waals surface area (Å²) in [6.07, 6.45) is 2.86. The molecule has 0 bridgehead atoms. The number of benzene rings is 2. The van der Waals surface area contributed by atoms with Crippen molar-refractivity contribution in [2.45, 2.75) is 49.9 Å². The highest BCUT2D eigenvalue weighted by Gasteiger charge is 2.38. The molecule has 4 unspecified atom stereocenters. The van der Waals surface area contributed by atoms with Crippen molar-refractivity contribution in [2.24, 2.45) is 5.73 Å². The van der Waals surface area contributed by atoms with Gasteiger partial charge in [-0.3, -0.25) is 14.4 Å². The van der Waals surface area contributed by atoms with Gasteiger partial charge in [0.15, 0.2) is 0 Å². The quantitative estimate of drug-likeness (QED) is 0.205. The fourth-order valence-electron chi connectivity index (χ4n) is 4.90. The number of aliphatic carboxylic acids is 1. The minimum atomic E-state index is -1.23. The number of likely N-dealkylation sites (tertiary alicyclic amines) is 1. The van der Waals surface area contributed by atoms with Crippen LogP contribution in [0.1, 0.15) is 24.0 Å². The third kappa shape index (κ3) is 6.62. The number of H-pyrrole nitrogens is 1. The molecule has 1 saturated heterocycles. The number of fused-ring (bicyclic) bond motifs is 1. The Morgan fingerprint density at radius 2 is 1.67 bits per heavy atom. The first-order valence-corrected chi connectivity index (χ1v) is 12.9. The van der Waals surface area contributed by atoms with Crippen molar-refractivity contribution in [1.82, 2.24) is 20.5 Å². The van der Waals surface area contributed by atoms with E-state index in [0.717, 1.165) is 22.0 Å². The van der Waals surface area contributed by atoms with Crippen LogP contribution < -0.4 is 16.4 Å². The number of aromatic amines is 1. The average molecular weight is 536 g/mol. The molecule has 11 heteroatoms. The lowest BCUT2D eigenvalue weighted by molar-refractivity contribution is -0.149. The summed E-state index contributed by atoms with van der Waals surface area (Å²) < 4.78 is 0. The van der Waals surface area contributed by atoms with E-state index in [4.69, 9.17) is 5.73 Å². The molecule has 0 aliphatic carbocycles. The van der Waals surface area contributed by atoms with Crippen molar-refractivity contribution < 1.29 is 29.4 Å². The molecular formula is C28H33N5O6. The highest BCUT2D eigenvalue weighted by molar-refractivity contribution is 5.95. The van der Waals surface area contributed by atoms with Crippen molar-refractivity contribution in [3.63, 3.8) is 0 Å². The van der Waals surface area contributed by atoms with E-state index in [1.54, 1.807) is 6.20 Å². The molecule has 1 fully saturated rings. The number of carbonyl (C=O) groups is 4. The molecule has 0 radical (unpaired) electrons. The van der Waals surface area contributed by atoms with Crippen LogP contribution in [0.3, 0.4) is 0 Å². The topological polar surface area (TPSA) is 178 Å². The predicted molar refractivity (Wildman–Crippen MR) is 143 cm³/mol. The third-order valence-electron chi connectivity index (χ3n) is 6.98. The summed E-state index contributed by atoms with van der Waals surface area (Å²) in [6, 6.07) is 12.2. The molecule has 4 atom stereocenters. The highest BCUT2D eigenvalue weighted by Crippen LogP contribution is 2.21. The Morgan fingerprint density at radius 3 is 2.38 bits per heavy atom. The minimum Gasteiger partial charge on any atom is -0.480 e. The van der Waals surface area contributed by atoms with Gasteiger partial charge in [-0.25, -0.2) is 4.79 Å². The second kappa shape index (κ2) is 12.5. The summed E-state index contributed by atoms with van der Waals surface area (Å²) in [4.78, 5) is 56.0. The molecule has 3 aromatic rings. The normalized spacial score (nSPS) is 17.4. The van der Waals surface area contributed by atoms with E-state index in [-0.39, 0.29) is 19.4 Å². The number of amides is 3. The zero-order chi connectivity index (χ0) is 27.9. The lowest BCUT2D eigenvalue weighted by atomic mass is 10.0. The van der Waals surface area contributed by atoms with Crippen LogP contribution in [0, 0.1) is 0 Å². The van der Waals surface area contributed by atoms with Gasteiger partial charge in [-0.2, -0.15) is 0 Å². The molecule has 11 nitrogen and oxygen atoms in total. The first kappa shape index (κ1) is 27.8. The van der Waals surface area contributed by atoms with Gasteiger partial charge < -0.3 is 36.5 Å². The first-order valence-electron chi connectivity index (χ1n) is 12.9. The van der Waals surface area contributed by atoms with Crippen molar-refractivity contribution in [3.05, 3.63) is 71.9 Å². The van der Waals surface area contributed by atoms with Crippen LogP contribution in [0.2, 0.25) is 0 Å². The fraction of sp³-hybridized carbons (Fsp3) is 0.357. The highest BCUT2D eigenvalue weighted by atomic mass is 16.4. The maximum absolute atomic E-state index is 13.7. The van der Waals surface area contributed by atoms with Gasteiger partial charge in [0.2, 0.25) is 17.7 Å². The first-order chi connectivity index (χ1) is 18.8. The summed E-state index contributed by atoms with van der Waals surface area (Å²) >= 11 is 0. The van der Waals surface area contributed by atoms with Gasteiger partial charge in [-0.1, -0.05) is 48.5 Å². The van der Waals surface area contributed by atoms with E-state index >= 15 is 0 Å². The molecule has 4 rings (SSSR count). The van der Waals surface area contributed by atoms with Crippen LogP contribution in [0.15, 0.2) is 60.8 Å². The van der Waals surface area contributed by atoms with Gasteiger partial charge >= 0.3 is 5.97 Å². The average Bonchev–Trinajstić information content (AvgIpc) is 3.60. The Balaban J connectivity index is 1.61. The number of carboxylic acid groups (broad SMARTS) is 1. The number of hydrogen-bond donors (Lipinski definition) is 6. The maximum atomic E-state index is 13.7. The molecule has 0 saturated carbocycles. The Bertz CT molecular complexity index is 1330. The van der Waals surface area contributed by atoms with Gasteiger partial charge in [0.05, 0.1) is 6.61 Å². The molecule has 1 aromatic heterocycles. The molecule has 206 valence electrons. The van der Waals surface area contributed by atoms with Crippen LogP contribution in [0.25, 0.3) is 10.9 Å². The van der Waals surface area contributed by atoms with E-state index in [0.29, 0.717) is 12.8 Å². The van der Waals surface area contributed by atoms with E-state index < -0.39 is 54.5 Å². The lowest BCUT2D eigenvalue weighted by Gasteiger charge is -2.29. The Kier molecular flexibility index (Phi) is 8.95. The largest absolute Gasteiger partial charge is 0.480 e. The van der Waals surface area contributed by atoms with Crippen LogP contribution in [-0.2, 0) is 32.0 Å². The molecule has 39 heavy (non-hydrogen) atoms. The van der Waals surface area contributed by atoms with Crippen molar-refractivity contribution >= 4 is 34.6 Å². The van der Waals surface area contributed by atoms with Crippen LogP contribution in [-0.4, -0.2) is 81.1 Å². The summed E-state index contributed by atoms with van der Waals surface area (Å²) in [6.45, 7) is -0.328. The number of para-hydroxylation sites is 1. The molecule has 7 N–H and O–H groups in total. The van der Waals surface area contributed by atoms with E-state index in [1.807, 2.05) is 54.6 Å². The Morgan fingerprint density at radius 1 is 0.974 bits per heavy atom. The summed E-state index contributed by atoms with van der Waals surface area (Å²) in [5.41, 5.74) is 8.09. The SMILES string of the molecule is NC(CO)C(=O)NC(Cc1c[nH]c2ccccc12)C(=O)NC(Cc1ccccc1)C(=O)N1CCCC1C(=O)O. The van der Waals surface area contributed by atoms with E-state index in [9.17, 15) is 29.4 Å². The smallest absolute Gasteiger partial charge is 0.326 e. The zero-order valence-corrected chi connectivity index (χ0v) is 21.4. The van der Waals surface area contributed by atoms with Gasteiger partial charge in [-0.15, -0.1) is 0 Å². The fourth-order valence-corrected chi connectivity index (χ4v) is 4.90. The van der Waals surface area contributed by atoms with Crippen LogP contribution >= 0.6 is 0 Å². The number of nitrogens with two attached hydrogens (primary N) is 1. The maximum Gasteiger partial charge on any atom is 0.326 e. The van der Waals surface area contributed by atoms with Crippen LogP contribution in [0.4, 0.5) is 0 Å². The molecule has 1 aliphatic rings. The number of rotatable bonds is 11. The zero-order valence-electron chi connectivity index (χ0n) is 21.4. The number of carboxylic acids is 1. The van der Waals surface area contributed by atoms with E-state index in [1.165, 1.54) is 4.90 Å². The minimum absolute atomic E-state index is 0.0907. The molecule has 3 amide bonds. The number of carbonyl (C=O) groups excluding carboxylic acids is 3. The lowest BCUT2D eigenvalue weighted by Crippen LogP contribution is -2.58. The Labute approximate surface area is 225 Å². The van der Waals surface area contributed by atoms with Crippen molar-refractivity contribution in [2.75, 3.05) is 13.2 Å². The second-order valence-electron chi connectivity index (χ2n) is 9.69. The summed E-state index contributed by atoms with van der Waals surface area (Å²) in [5.74, 6) is -2.93. The molecule has 0 spiro atoms. The number of aromatic nitrogens is 1. The van der Waals surface area contributed by atoms with Crippen molar-refractivity contribution in [1.29, 1.82) is 0 Å². The van der Waals surface area contributed by atoms with Gasteiger partial charge in [0, 0.05) is 36.5 Å². The van der Waals surface area contributed by atoms with Crippen molar-refractivity contribution in [3.8, 4) is 0 Å². The third-order valence-corrected chi connectivity index (χ3v) is 6.98. The summed E-state index contributed by atoms with van der Waals surface area (Å²) in [7, 11) is 0. The predicted octanol–water partition coefficient (Wildman–Crippen LogP) is 0.318. The number of nitrogens with one attached hydrogen (secondary N) is 3. The molecular weight excluding hydrogens is 502 g/mol. The van der Waals surface area contributed by atoms with E-state index in [2.05, 4.69) is 15.6 Å². The molecule has 1 aliphatic heterocycles. The van der Waals surface area contributed by atoms with Crippen LogP contribution in [0.5, 0.6) is 0 Å². The molecule has 2 heterocycles. The number of nitrogens with zero attached hydrogens (tertiary/aromatic N) is 1. The number of aliphatic hydroxyl groups is 1. The number of hydrogen-bond acceptors (Lipinski definition) is 6. The van der Waals surface area contributed by atoms with Gasteiger partial charge in [0.25, 0.3) is 0 Å². The standard InChI is InChI=1S/C28H33N5O6/c29-20(16-34)25(35)31-22(14-18-15-30-21-10-5-4-9-19(18)21)26(36)32-23(13-17-7-2-1-3-8-17)27(37)33-12-6-11-24(33)28(38)39/h1-5,7-10,15,20,22-24,30,34H,6,11-14,16,29H2,(H,31,35)(H,32,36)(H,38,39). The number of aliphatic hydroxyl groups excluding tert-OH is 1. The monoisotopic (exact) mass is 535 g/mol. The summed E-state index contributed by atoms with van der Waals surface area (Å²) in [5, 5.41) is 25.2. The van der Waals surface area contributed by atoms with Gasteiger partial charge in [-0.05, 0) is 30.0 Å². The Hall–Kier alpha value is -4.22. The second-order valence-corrected chi connectivity index (χ2v) is 9.69.